The summed E-state index contributed by atoms with van der Waals surface area (Å²) in [6.07, 6.45) is 1.19. The van der Waals surface area contributed by atoms with E-state index in [2.05, 4.69) is 46.2 Å². The molecule has 1 aliphatic rings. The Bertz CT molecular complexity index is 1200. The van der Waals surface area contributed by atoms with Gasteiger partial charge in [-0.3, -0.25) is 0 Å². The van der Waals surface area contributed by atoms with E-state index >= 15 is 0 Å². The fraction of sp³-hybridized carbons (Fsp3) is 0.280. The number of anilines is 1. The van der Waals surface area contributed by atoms with Gasteiger partial charge in [0.25, 0.3) is 5.89 Å². The van der Waals surface area contributed by atoms with Crippen molar-refractivity contribution in [2.75, 3.05) is 32.1 Å². The maximum atomic E-state index is 5.94. The van der Waals surface area contributed by atoms with Crippen molar-refractivity contribution < 1.29 is 8.83 Å². The van der Waals surface area contributed by atoms with Gasteiger partial charge in [-0.1, -0.05) is 11.6 Å². The van der Waals surface area contributed by atoms with E-state index in [0.29, 0.717) is 29.3 Å². The minimum absolute atomic E-state index is 0.380. The van der Waals surface area contributed by atoms with Crippen LogP contribution < -0.4 is 4.90 Å². The highest BCUT2D eigenvalue weighted by Crippen LogP contribution is 2.30. The van der Waals surface area contributed by atoms with Gasteiger partial charge < -0.3 is 18.6 Å². The van der Waals surface area contributed by atoms with Crippen LogP contribution in [0.25, 0.3) is 23.1 Å². The van der Waals surface area contributed by atoms with E-state index in [1.165, 1.54) is 12.1 Å². The molecule has 0 N–H and O–H groups in total. The lowest BCUT2D eigenvalue weighted by molar-refractivity contribution is 0.315. The number of hydrogen-bond acceptors (Lipinski definition) is 7. The number of furan rings is 1. The largest absolute Gasteiger partial charge is 0.455 e. The highest BCUT2D eigenvalue weighted by molar-refractivity contribution is 7.98. The number of halogens is 1. The van der Waals surface area contributed by atoms with E-state index in [9.17, 15) is 0 Å². The van der Waals surface area contributed by atoms with Crippen LogP contribution in [0.1, 0.15) is 12.2 Å². The molecule has 6 nitrogen and oxygen atoms in total. The van der Waals surface area contributed by atoms with E-state index in [-0.39, 0.29) is 0 Å². The average molecular weight is 481 g/mol. The molecule has 0 amide bonds. The number of benzene rings is 2. The van der Waals surface area contributed by atoms with Gasteiger partial charge in [0.1, 0.15) is 5.76 Å². The van der Waals surface area contributed by atoms with E-state index in [4.69, 9.17) is 20.4 Å². The molecular formula is C25H25ClN4O2S. The van der Waals surface area contributed by atoms with Crippen LogP contribution in [0.5, 0.6) is 0 Å². The average Bonchev–Trinajstić information content (AvgIpc) is 3.59. The normalized spacial score (nSPS) is 16.1. The third kappa shape index (κ3) is 5.11. The van der Waals surface area contributed by atoms with Crippen molar-refractivity contribution in [3.8, 4) is 23.1 Å². The fourth-order valence-corrected chi connectivity index (χ4v) is 4.83. The predicted molar refractivity (Wildman–Crippen MR) is 133 cm³/mol. The van der Waals surface area contributed by atoms with Crippen LogP contribution in [0.4, 0.5) is 5.69 Å². The van der Waals surface area contributed by atoms with E-state index < -0.39 is 0 Å². The van der Waals surface area contributed by atoms with Crippen LogP contribution in [0.2, 0.25) is 5.02 Å². The van der Waals surface area contributed by atoms with Crippen molar-refractivity contribution in [3.63, 3.8) is 0 Å². The Balaban J connectivity index is 1.23. The number of likely N-dealkylation sites (N-methyl/N-ethyl adjacent to an activating group) is 1. The van der Waals surface area contributed by atoms with Gasteiger partial charge in [0.05, 0.1) is 5.75 Å². The maximum absolute atomic E-state index is 5.94. The second-order valence-electron chi connectivity index (χ2n) is 8.32. The van der Waals surface area contributed by atoms with Crippen LogP contribution in [-0.4, -0.2) is 48.3 Å². The first-order chi connectivity index (χ1) is 16.0. The molecule has 3 heterocycles. The molecule has 8 heteroatoms. The first kappa shape index (κ1) is 22.1. The maximum Gasteiger partial charge on any atom is 0.283 e. The lowest BCUT2D eigenvalue weighted by Gasteiger charge is -2.21. The summed E-state index contributed by atoms with van der Waals surface area (Å²) < 4.78 is 11.8. The molecule has 0 spiro atoms. The fourth-order valence-electron chi connectivity index (χ4n) is 3.91. The first-order valence-electron chi connectivity index (χ1n) is 10.9. The first-order valence-corrected chi connectivity index (χ1v) is 12.2. The molecule has 2 aromatic carbocycles. The van der Waals surface area contributed by atoms with Gasteiger partial charge in [-0.05, 0) is 81.2 Å². The molecule has 33 heavy (non-hydrogen) atoms. The highest BCUT2D eigenvalue weighted by Gasteiger charge is 2.24. The van der Waals surface area contributed by atoms with Crippen LogP contribution in [0.3, 0.4) is 0 Å². The molecule has 1 unspecified atom stereocenters. The molecule has 1 atom stereocenters. The zero-order valence-corrected chi connectivity index (χ0v) is 20.1. The standard InChI is InChI=1S/C25H25ClN4O2S/c1-29(2)20-13-14-30(15-20)19-7-3-17(4-8-19)24-27-28-25(32-24)23-12-9-21(31-23)16-33-22-10-5-18(26)6-11-22/h3-12,20H,13-16H2,1-2H3. The molecule has 5 rings (SSSR count). The quantitative estimate of drug-likeness (QED) is 0.297. The van der Waals surface area contributed by atoms with Crippen molar-refractivity contribution in [2.45, 2.75) is 23.1 Å². The van der Waals surface area contributed by atoms with Crippen LogP contribution in [0, 0.1) is 0 Å². The molecule has 1 saturated heterocycles. The summed E-state index contributed by atoms with van der Waals surface area (Å²) in [5, 5.41) is 9.14. The van der Waals surface area contributed by atoms with E-state index in [1.807, 2.05) is 48.5 Å². The molecule has 0 bridgehead atoms. The summed E-state index contributed by atoms with van der Waals surface area (Å²) in [5.41, 5.74) is 2.11. The lowest BCUT2D eigenvalue weighted by atomic mass is 10.2. The second kappa shape index (κ2) is 9.63. The van der Waals surface area contributed by atoms with Gasteiger partial charge in [0, 0.05) is 40.3 Å². The Morgan fingerprint density at radius 2 is 1.73 bits per heavy atom. The van der Waals surface area contributed by atoms with E-state index in [0.717, 1.165) is 34.3 Å². The van der Waals surface area contributed by atoms with Gasteiger partial charge in [-0.25, -0.2) is 0 Å². The number of thioether (sulfide) groups is 1. The minimum Gasteiger partial charge on any atom is -0.455 e. The Hall–Kier alpha value is -2.74. The summed E-state index contributed by atoms with van der Waals surface area (Å²) in [6, 6.07) is 20.5. The minimum atomic E-state index is 0.380. The number of aromatic nitrogens is 2. The summed E-state index contributed by atoms with van der Waals surface area (Å²) in [6.45, 7) is 2.12. The van der Waals surface area contributed by atoms with Crippen molar-refractivity contribution in [2.24, 2.45) is 0 Å². The third-order valence-electron chi connectivity index (χ3n) is 5.87. The number of rotatable bonds is 7. The lowest BCUT2D eigenvalue weighted by Crippen LogP contribution is -2.31. The topological polar surface area (TPSA) is 58.5 Å². The second-order valence-corrected chi connectivity index (χ2v) is 9.81. The van der Waals surface area contributed by atoms with Crippen molar-refractivity contribution in [3.05, 3.63) is 71.4 Å². The van der Waals surface area contributed by atoms with Gasteiger partial charge in [0.15, 0.2) is 5.76 Å². The molecule has 0 aliphatic carbocycles. The highest BCUT2D eigenvalue weighted by atomic mass is 35.5. The van der Waals surface area contributed by atoms with Crippen molar-refractivity contribution >= 4 is 29.1 Å². The van der Waals surface area contributed by atoms with Gasteiger partial charge >= 0.3 is 0 Å². The van der Waals surface area contributed by atoms with Crippen molar-refractivity contribution in [1.29, 1.82) is 0 Å². The van der Waals surface area contributed by atoms with Gasteiger partial charge in [-0.2, -0.15) is 0 Å². The van der Waals surface area contributed by atoms with Crippen molar-refractivity contribution in [1.82, 2.24) is 15.1 Å². The summed E-state index contributed by atoms with van der Waals surface area (Å²) >= 11 is 7.62. The molecular weight excluding hydrogens is 456 g/mol. The monoisotopic (exact) mass is 480 g/mol. The zero-order chi connectivity index (χ0) is 22.8. The Kier molecular flexibility index (Phi) is 6.44. The summed E-state index contributed by atoms with van der Waals surface area (Å²) in [7, 11) is 4.29. The predicted octanol–water partition coefficient (Wildman–Crippen LogP) is 6.08. The SMILES string of the molecule is CN(C)C1CCN(c2ccc(-c3nnc(-c4ccc(CSc5ccc(Cl)cc5)o4)o3)cc2)C1. The molecule has 1 fully saturated rings. The van der Waals surface area contributed by atoms with Gasteiger partial charge in [0.2, 0.25) is 5.89 Å². The van der Waals surface area contributed by atoms with E-state index in [1.54, 1.807) is 11.8 Å². The summed E-state index contributed by atoms with van der Waals surface area (Å²) in [5.74, 6) is 2.98. The Morgan fingerprint density at radius 3 is 2.45 bits per heavy atom. The molecule has 2 aromatic heterocycles. The van der Waals surface area contributed by atoms with Gasteiger partial charge in [-0.15, -0.1) is 22.0 Å². The molecule has 0 radical (unpaired) electrons. The zero-order valence-electron chi connectivity index (χ0n) is 18.6. The Labute approximate surface area is 202 Å². The molecule has 170 valence electrons. The van der Waals surface area contributed by atoms with Crippen LogP contribution in [-0.2, 0) is 5.75 Å². The Morgan fingerprint density at radius 1 is 0.970 bits per heavy atom. The number of nitrogens with zero attached hydrogens (tertiary/aromatic N) is 4. The van der Waals surface area contributed by atoms with Crippen LogP contribution >= 0.6 is 23.4 Å². The smallest absolute Gasteiger partial charge is 0.283 e. The van der Waals surface area contributed by atoms with Crippen LogP contribution in [0.15, 0.2) is 74.4 Å². The molecule has 1 aliphatic heterocycles. The molecule has 0 saturated carbocycles. The third-order valence-corrected chi connectivity index (χ3v) is 7.15. The summed E-state index contributed by atoms with van der Waals surface area (Å²) in [4.78, 5) is 5.84. The number of hydrogen-bond donors (Lipinski definition) is 0. The molecule has 4 aromatic rings.